The van der Waals surface area contributed by atoms with Crippen LogP contribution in [0.3, 0.4) is 0 Å². The Balaban J connectivity index is 1.78. The molecule has 4 nitrogen and oxygen atoms in total. The maximum absolute atomic E-state index is 13.2. The predicted molar refractivity (Wildman–Crippen MR) is 110 cm³/mol. The quantitative estimate of drug-likeness (QED) is 0.527. The molecule has 1 N–H and O–H groups in total. The van der Waals surface area contributed by atoms with Crippen molar-refractivity contribution in [2.24, 2.45) is 0 Å². The number of hydrogen-bond donors (Lipinski definition) is 1. The zero-order chi connectivity index (χ0) is 18.8. The molecule has 0 bridgehead atoms. The Bertz CT molecular complexity index is 1070. The van der Waals surface area contributed by atoms with Gasteiger partial charge in [-0.25, -0.2) is 0 Å². The second-order valence-electron chi connectivity index (χ2n) is 6.36. The molecular formula is C22H20N2O2S. The number of H-pyrrole nitrogens is 1. The Morgan fingerprint density at radius 1 is 1.11 bits per heavy atom. The molecule has 0 fully saturated rings. The topological polar surface area (TPSA) is 45.3 Å². The van der Waals surface area contributed by atoms with Crippen LogP contribution in [0.1, 0.15) is 26.8 Å². The smallest absolute Gasteiger partial charge is 0.254 e. The summed E-state index contributed by atoms with van der Waals surface area (Å²) in [5, 5.41) is 3.17. The van der Waals surface area contributed by atoms with Gasteiger partial charge in [0, 0.05) is 40.2 Å². The van der Waals surface area contributed by atoms with Gasteiger partial charge in [-0.3, -0.25) is 4.79 Å². The number of para-hydroxylation sites is 1. The van der Waals surface area contributed by atoms with E-state index in [0.29, 0.717) is 11.3 Å². The summed E-state index contributed by atoms with van der Waals surface area (Å²) in [5.74, 6) is 0.631. The van der Waals surface area contributed by atoms with Gasteiger partial charge in [-0.15, -0.1) is 11.3 Å². The molecule has 0 unspecified atom stereocenters. The molecule has 1 amide bonds. The molecule has 2 heterocycles. The number of hydrogen-bond acceptors (Lipinski definition) is 3. The van der Waals surface area contributed by atoms with Gasteiger partial charge < -0.3 is 14.6 Å². The number of fused-ring (bicyclic) bond motifs is 1. The predicted octanol–water partition coefficient (Wildman–Crippen LogP) is 5.10. The minimum absolute atomic E-state index is 0.0439. The van der Waals surface area contributed by atoms with Crippen molar-refractivity contribution in [3.63, 3.8) is 0 Å². The van der Waals surface area contributed by atoms with Gasteiger partial charge in [0.25, 0.3) is 5.91 Å². The monoisotopic (exact) mass is 376 g/mol. The minimum Gasteiger partial charge on any atom is -0.497 e. The first kappa shape index (κ1) is 17.4. The fourth-order valence-electron chi connectivity index (χ4n) is 3.40. The zero-order valence-corrected chi connectivity index (χ0v) is 16.0. The fraction of sp³-hybridized carbons (Fsp3) is 0.136. The summed E-state index contributed by atoms with van der Waals surface area (Å²) in [6, 6.07) is 19.4. The van der Waals surface area contributed by atoms with Gasteiger partial charge in [-0.2, -0.15) is 0 Å². The van der Waals surface area contributed by atoms with Crippen LogP contribution in [0.4, 0.5) is 0 Å². The van der Waals surface area contributed by atoms with Crippen LogP contribution in [0.25, 0.3) is 10.9 Å². The molecule has 0 aliphatic rings. The minimum atomic E-state index is -0.167. The maximum Gasteiger partial charge on any atom is 0.254 e. The molecule has 0 spiro atoms. The van der Waals surface area contributed by atoms with E-state index >= 15 is 0 Å². The van der Waals surface area contributed by atoms with E-state index in [0.717, 1.165) is 21.3 Å². The van der Waals surface area contributed by atoms with E-state index in [4.69, 9.17) is 4.74 Å². The van der Waals surface area contributed by atoms with E-state index in [1.807, 2.05) is 61.1 Å². The number of rotatable bonds is 5. The molecule has 5 heteroatoms. The molecule has 4 rings (SSSR count). The molecule has 0 aliphatic carbocycles. The second kappa shape index (κ2) is 7.29. The van der Waals surface area contributed by atoms with Gasteiger partial charge in [0.15, 0.2) is 0 Å². The van der Waals surface area contributed by atoms with Crippen LogP contribution in [0.5, 0.6) is 5.75 Å². The largest absolute Gasteiger partial charge is 0.497 e. The van der Waals surface area contributed by atoms with Crippen molar-refractivity contribution in [1.82, 2.24) is 9.88 Å². The van der Waals surface area contributed by atoms with Crippen molar-refractivity contribution in [3.8, 4) is 5.75 Å². The first-order valence-corrected chi connectivity index (χ1v) is 9.57. The van der Waals surface area contributed by atoms with Crippen LogP contribution in [-0.2, 0) is 0 Å². The molecule has 2 aromatic heterocycles. The molecule has 136 valence electrons. The lowest BCUT2D eigenvalue weighted by atomic mass is 10.0. The number of amides is 1. The summed E-state index contributed by atoms with van der Waals surface area (Å²) >= 11 is 1.65. The van der Waals surface area contributed by atoms with Gasteiger partial charge in [0.1, 0.15) is 5.75 Å². The number of aromatic nitrogens is 1. The second-order valence-corrected chi connectivity index (χ2v) is 7.33. The van der Waals surface area contributed by atoms with Gasteiger partial charge in [-0.1, -0.05) is 30.3 Å². The molecule has 2 aromatic carbocycles. The number of nitrogens with zero attached hydrogens (tertiary/aromatic N) is 1. The number of benzene rings is 2. The molecular weight excluding hydrogens is 356 g/mol. The normalized spacial score (nSPS) is 12.1. The molecule has 4 aromatic rings. The fourth-order valence-corrected chi connectivity index (χ4v) is 4.28. The lowest BCUT2D eigenvalue weighted by Crippen LogP contribution is -2.31. The van der Waals surface area contributed by atoms with Gasteiger partial charge in [0.05, 0.1) is 13.2 Å². The first-order valence-electron chi connectivity index (χ1n) is 8.69. The highest BCUT2D eigenvalue weighted by atomic mass is 32.1. The van der Waals surface area contributed by atoms with Crippen LogP contribution in [-0.4, -0.2) is 29.9 Å². The number of nitrogens with one attached hydrogen (secondary N) is 1. The van der Waals surface area contributed by atoms with Crippen molar-refractivity contribution < 1.29 is 9.53 Å². The number of ether oxygens (including phenoxy) is 1. The van der Waals surface area contributed by atoms with E-state index < -0.39 is 0 Å². The zero-order valence-electron chi connectivity index (χ0n) is 15.2. The summed E-state index contributed by atoms with van der Waals surface area (Å²) in [6.07, 6.45) is 2.00. The number of aromatic amines is 1. The lowest BCUT2D eigenvalue weighted by molar-refractivity contribution is 0.0757. The Morgan fingerprint density at radius 3 is 2.74 bits per heavy atom. The Kier molecular flexibility index (Phi) is 4.69. The maximum atomic E-state index is 13.2. The number of methoxy groups -OCH3 is 1. The summed E-state index contributed by atoms with van der Waals surface area (Å²) < 4.78 is 5.27. The Labute approximate surface area is 162 Å². The Hall–Kier alpha value is -3.05. The van der Waals surface area contributed by atoms with Crippen LogP contribution in [0.2, 0.25) is 0 Å². The summed E-state index contributed by atoms with van der Waals surface area (Å²) in [7, 11) is 3.46. The molecule has 0 aliphatic heterocycles. The summed E-state index contributed by atoms with van der Waals surface area (Å²) in [5.41, 5.74) is 2.77. The molecule has 1 atom stereocenters. The Morgan fingerprint density at radius 2 is 1.96 bits per heavy atom. The van der Waals surface area contributed by atoms with E-state index in [1.54, 1.807) is 29.4 Å². The van der Waals surface area contributed by atoms with Crippen LogP contribution in [0.15, 0.2) is 72.2 Å². The number of thiophene rings is 1. The molecule has 0 saturated carbocycles. The first-order chi connectivity index (χ1) is 13.2. The average molecular weight is 376 g/mol. The van der Waals surface area contributed by atoms with Crippen molar-refractivity contribution >= 4 is 28.1 Å². The molecule has 0 radical (unpaired) electrons. The third-order valence-corrected chi connectivity index (χ3v) is 5.68. The third kappa shape index (κ3) is 3.22. The highest BCUT2D eigenvalue weighted by Crippen LogP contribution is 2.36. The van der Waals surface area contributed by atoms with Crippen LogP contribution in [0, 0.1) is 0 Å². The van der Waals surface area contributed by atoms with Crippen LogP contribution >= 0.6 is 11.3 Å². The number of carbonyl (C=O) groups excluding carboxylic acids is 1. The van der Waals surface area contributed by atoms with Gasteiger partial charge >= 0.3 is 0 Å². The molecule has 27 heavy (non-hydrogen) atoms. The van der Waals surface area contributed by atoms with Crippen molar-refractivity contribution in [1.29, 1.82) is 0 Å². The molecule has 0 saturated heterocycles. The van der Waals surface area contributed by atoms with Crippen molar-refractivity contribution in [2.75, 3.05) is 14.2 Å². The van der Waals surface area contributed by atoms with Crippen molar-refractivity contribution in [2.45, 2.75) is 6.04 Å². The van der Waals surface area contributed by atoms with E-state index in [9.17, 15) is 4.79 Å². The van der Waals surface area contributed by atoms with E-state index in [2.05, 4.69) is 17.1 Å². The van der Waals surface area contributed by atoms with Crippen LogP contribution < -0.4 is 4.74 Å². The van der Waals surface area contributed by atoms with Crippen molar-refractivity contribution in [3.05, 3.63) is 88.2 Å². The van der Waals surface area contributed by atoms with Gasteiger partial charge in [0.2, 0.25) is 0 Å². The SMILES string of the molecule is COc1cccc(C(=O)N(C)[C@@H](c2cccs2)c2c[nH]c3ccccc23)c1. The summed E-state index contributed by atoms with van der Waals surface area (Å²) in [6.45, 7) is 0. The highest BCUT2D eigenvalue weighted by Gasteiger charge is 2.27. The average Bonchev–Trinajstić information content (AvgIpc) is 3.38. The van der Waals surface area contributed by atoms with E-state index in [1.165, 1.54) is 0 Å². The standard InChI is InChI=1S/C22H20N2O2S/c1-24(22(25)15-7-5-8-16(13-15)26-2)21(20-11-6-12-27-20)18-14-23-19-10-4-3-9-17(18)19/h3-14,21,23H,1-2H3/t21-/m1/s1. The highest BCUT2D eigenvalue weighted by molar-refractivity contribution is 7.10. The summed E-state index contributed by atoms with van der Waals surface area (Å²) in [4.78, 5) is 19.5. The van der Waals surface area contributed by atoms with E-state index in [-0.39, 0.29) is 11.9 Å². The lowest BCUT2D eigenvalue weighted by Gasteiger charge is -2.28. The van der Waals surface area contributed by atoms with Gasteiger partial charge in [-0.05, 0) is 35.7 Å². The third-order valence-electron chi connectivity index (χ3n) is 4.75. The number of carbonyl (C=O) groups is 1.